The van der Waals surface area contributed by atoms with Crippen molar-refractivity contribution in [3.05, 3.63) is 54.4 Å². The Morgan fingerprint density at radius 2 is 1.97 bits per heavy atom. The molecule has 1 aromatic heterocycles. The average Bonchev–Trinajstić information content (AvgIpc) is 3.24. The summed E-state index contributed by atoms with van der Waals surface area (Å²) in [5.41, 5.74) is 1.59. The molecule has 3 amide bonds. The number of ether oxygens (including phenoxy) is 1. The molecule has 0 aliphatic carbocycles. The van der Waals surface area contributed by atoms with Crippen LogP contribution in [0.1, 0.15) is 16.8 Å². The van der Waals surface area contributed by atoms with Gasteiger partial charge >= 0.3 is 6.03 Å². The van der Waals surface area contributed by atoms with Crippen molar-refractivity contribution in [1.82, 2.24) is 20.9 Å². The topological polar surface area (TPSA) is 95.6 Å². The van der Waals surface area contributed by atoms with Gasteiger partial charge in [-0.15, -0.1) is 0 Å². The Labute approximate surface area is 170 Å². The van der Waals surface area contributed by atoms with Crippen LogP contribution in [0, 0.1) is 5.92 Å². The van der Waals surface area contributed by atoms with Crippen molar-refractivity contribution in [2.45, 2.75) is 6.42 Å². The van der Waals surface area contributed by atoms with Crippen LogP contribution in [0.4, 0.5) is 10.5 Å². The van der Waals surface area contributed by atoms with Crippen LogP contribution in [0.5, 0.6) is 5.75 Å². The van der Waals surface area contributed by atoms with E-state index in [0.717, 1.165) is 30.9 Å². The third-order valence-corrected chi connectivity index (χ3v) is 4.88. The fraction of sp³-hybridized carbons (Fsp3) is 0.381. The van der Waals surface area contributed by atoms with Crippen molar-refractivity contribution in [2.75, 3.05) is 44.7 Å². The third-order valence-electron chi connectivity index (χ3n) is 4.88. The molecule has 1 saturated heterocycles. The smallest absolute Gasteiger partial charge is 0.314 e. The zero-order chi connectivity index (χ0) is 20.5. The van der Waals surface area contributed by atoms with Gasteiger partial charge in [-0.25, -0.2) is 4.79 Å². The highest BCUT2D eigenvalue weighted by Crippen LogP contribution is 2.31. The van der Waals surface area contributed by atoms with Gasteiger partial charge in [0.1, 0.15) is 5.75 Å². The van der Waals surface area contributed by atoms with Crippen molar-refractivity contribution >= 4 is 17.6 Å². The molecule has 2 heterocycles. The van der Waals surface area contributed by atoms with E-state index in [1.54, 1.807) is 25.4 Å². The van der Waals surface area contributed by atoms with Crippen LogP contribution >= 0.6 is 0 Å². The van der Waals surface area contributed by atoms with Crippen molar-refractivity contribution < 1.29 is 14.3 Å². The van der Waals surface area contributed by atoms with Gasteiger partial charge < -0.3 is 25.6 Å². The van der Waals surface area contributed by atoms with Gasteiger partial charge in [0.15, 0.2) is 0 Å². The molecular weight excluding hydrogens is 370 g/mol. The summed E-state index contributed by atoms with van der Waals surface area (Å²) in [4.78, 5) is 30.1. The Bertz CT molecular complexity index is 815. The first-order valence-corrected chi connectivity index (χ1v) is 9.75. The highest BCUT2D eigenvalue weighted by Gasteiger charge is 2.24. The van der Waals surface area contributed by atoms with Crippen LogP contribution in [0.25, 0.3) is 0 Å². The zero-order valence-corrected chi connectivity index (χ0v) is 16.6. The van der Waals surface area contributed by atoms with E-state index < -0.39 is 0 Å². The summed E-state index contributed by atoms with van der Waals surface area (Å²) >= 11 is 0. The second-order valence-electron chi connectivity index (χ2n) is 6.91. The molecular formula is C21H27N5O3. The number of nitrogens with one attached hydrogen (secondary N) is 3. The number of methoxy groups -OCH3 is 1. The molecule has 1 aromatic carbocycles. The lowest BCUT2D eigenvalue weighted by Crippen LogP contribution is -2.42. The van der Waals surface area contributed by atoms with Crippen LogP contribution in [-0.4, -0.2) is 56.8 Å². The molecule has 1 aliphatic rings. The number of urea groups is 1. The van der Waals surface area contributed by atoms with E-state index in [1.165, 1.54) is 6.20 Å². The van der Waals surface area contributed by atoms with E-state index in [9.17, 15) is 9.59 Å². The molecule has 8 heteroatoms. The highest BCUT2D eigenvalue weighted by molar-refractivity contribution is 5.93. The molecule has 154 valence electrons. The minimum Gasteiger partial charge on any atom is -0.495 e. The average molecular weight is 397 g/mol. The predicted octanol–water partition coefficient (Wildman–Crippen LogP) is 1.65. The van der Waals surface area contributed by atoms with E-state index in [1.807, 2.05) is 18.2 Å². The number of benzene rings is 1. The maximum absolute atomic E-state index is 12.0. The third kappa shape index (κ3) is 5.84. The van der Waals surface area contributed by atoms with Gasteiger partial charge in [-0.05, 0) is 36.6 Å². The fourth-order valence-corrected chi connectivity index (χ4v) is 3.36. The van der Waals surface area contributed by atoms with Crippen LogP contribution in [0.2, 0.25) is 0 Å². The maximum Gasteiger partial charge on any atom is 0.314 e. The molecule has 0 bridgehead atoms. The maximum atomic E-state index is 12.0. The van der Waals surface area contributed by atoms with Gasteiger partial charge in [-0.3, -0.25) is 9.78 Å². The summed E-state index contributed by atoms with van der Waals surface area (Å²) in [6, 6.07) is 11.2. The van der Waals surface area contributed by atoms with E-state index in [0.29, 0.717) is 31.1 Å². The number of para-hydroxylation sites is 2. The number of carbonyl (C=O) groups excluding carboxylic acids is 2. The second-order valence-corrected chi connectivity index (χ2v) is 6.91. The molecule has 29 heavy (non-hydrogen) atoms. The van der Waals surface area contributed by atoms with Crippen LogP contribution < -0.4 is 25.6 Å². The normalized spacial score (nSPS) is 15.6. The Hall–Kier alpha value is -3.29. The molecule has 1 aliphatic heterocycles. The minimum absolute atomic E-state index is 0.206. The highest BCUT2D eigenvalue weighted by atomic mass is 16.5. The standard InChI is InChI=1S/C21H27N5O3/c1-29-19-7-3-2-6-18(19)26-12-8-16(15-26)13-25-21(28)24-11-10-23-20(27)17-5-4-9-22-14-17/h2-7,9,14,16H,8,10-13,15H2,1H3,(H,23,27)(H2,24,25,28). The number of nitrogens with zero attached hydrogens (tertiary/aromatic N) is 2. The number of pyridine rings is 1. The Kier molecular flexibility index (Phi) is 7.27. The monoisotopic (exact) mass is 397 g/mol. The fourth-order valence-electron chi connectivity index (χ4n) is 3.36. The van der Waals surface area contributed by atoms with Crippen LogP contribution in [0.15, 0.2) is 48.8 Å². The second kappa shape index (κ2) is 10.3. The molecule has 0 spiro atoms. The van der Waals surface area contributed by atoms with Gasteiger partial charge in [0, 0.05) is 45.1 Å². The summed E-state index contributed by atoms with van der Waals surface area (Å²) in [5.74, 6) is 1.05. The van der Waals surface area contributed by atoms with Gasteiger partial charge in [-0.2, -0.15) is 0 Å². The zero-order valence-electron chi connectivity index (χ0n) is 16.6. The molecule has 8 nitrogen and oxygen atoms in total. The summed E-state index contributed by atoms with van der Waals surface area (Å²) in [6.45, 7) is 3.14. The molecule has 3 rings (SSSR count). The molecule has 3 N–H and O–H groups in total. The summed E-state index contributed by atoms with van der Waals surface area (Å²) in [7, 11) is 1.68. The lowest BCUT2D eigenvalue weighted by molar-refractivity contribution is 0.0953. The van der Waals surface area contributed by atoms with Crippen molar-refractivity contribution in [3.8, 4) is 5.75 Å². The van der Waals surface area contributed by atoms with Gasteiger partial charge in [0.25, 0.3) is 5.91 Å². The van der Waals surface area contributed by atoms with E-state index >= 15 is 0 Å². The van der Waals surface area contributed by atoms with Gasteiger partial charge in [0.2, 0.25) is 0 Å². The Morgan fingerprint density at radius 1 is 1.14 bits per heavy atom. The molecule has 2 aromatic rings. The molecule has 0 radical (unpaired) electrons. The first-order chi connectivity index (χ1) is 14.2. The first-order valence-electron chi connectivity index (χ1n) is 9.75. The van der Waals surface area contributed by atoms with E-state index in [4.69, 9.17) is 4.74 Å². The molecule has 1 fully saturated rings. The summed E-state index contributed by atoms with van der Waals surface area (Å²) < 4.78 is 5.44. The van der Waals surface area contributed by atoms with Crippen molar-refractivity contribution in [2.24, 2.45) is 5.92 Å². The van der Waals surface area contributed by atoms with E-state index in [2.05, 4.69) is 31.9 Å². The number of hydrogen-bond acceptors (Lipinski definition) is 5. The number of amides is 3. The van der Waals surface area contributed by atoms with Crippen molar-refractivity contribution in [1.29, 1.82) is 0 Å². The SMILES string of the molecule is COc1ccccc1N1CCC(CNC(=O)NCCNC(=O)c2cccnc2)C1. The molecule has 1 atom stereocenters. The van der Waals surface area contributed by atoms with Gasteiger partial charge in [-0.1, -0.05) is 12.1 Å². The number of aromatic nitrogens is 1. The summed E-state index contributed by atoms with van der Waals surface area (Å²) in [5, 5.41) is 8.42. The summed E-state index contributed by atoms with van der Waals surface area (Å²) in [6.07, 6.45) is 4.13. The molecule has 0 saturated carbocycles. The first kappa shape index (κ1) is 20.4. The van der Waals surface area contributed by atoms with Crippen LogP contribution in [0.3, 0.4) is 0 Å². The quantitative estimate of drug-likeness (QED) is 0.589. The Morgan fingerprint density at radius 3 is 2.76 bits per heavy atom. The number of carbonyl (C=O) groups is 2. The number of anilines is 1. The predicted molar refractivity (Wildman–Crippen MR) is 111 cm³/mol. The lowest BCUT2D eigenvalue weighted by atomic mass is 10.1. The number of hydrogen-bond donors (Lipinski definition) is 3. The Balaban J connectivity index is 1.32. The van der Waals surface area contributed by atoms with Crippen molar-refractivity contribution in [3.63, 3.8) is 0 Å². The van der Waals surface area contributed by atoms with Gasteiger partial charge in [0.05, 0.1) is 18.4 Å². The minimum atomic E-state index is -0.226. The van der Waals surface area contributed by atoms with E-state index in [-0.39, 0.29) is 11.9 Å². The molecule has 1 unspecified atom stereocenters. The number of rotatable bonds is 8. The lowest BCUT2D eigenvalue weighted by Gasteiger charge is -2.21. The van der Waals surface area contributed by atoms with Crippen LogP contribution in [-0.2, 0) is 0 Å². The largest absolute Gasteiger partial charge is 0.495 e.